The van der Waals surface area contributed by atoms with E-state index in [9.17, 15) is 0 Å². The van der Waals surface area contributed by atoms with Crippen molar-refractivity contribution in [2.24, 2.45) is 0 Å². The zero-order valence-corrected chi connectivity index (χ0v) is 8.37. The monoisotopic (exact) mass is 177 g/mol. The van der Waals surface area contributed by atoms with E-state index in [2.05, 4.69) is 25.4 Å². The fourth-order valence-electron chi connectivity index (χ4n) is 1.00. The van der Waals surface area contributed by atoms with Crippen molar-refractivity contribution in [2.45, 2.75) is 19.3 Å². The van der Waals surface area contributed by atoms with Gasteiger partial charge in [-0.05, 0) is 5.56 Å². The molecular formula is C11H15NO. The number of aromatic nitrogens is 1. The molecule has 0 radical (unpaired) electrons. The van der Waals surface area contributed by atoms with Gasteiger partial charge in [-0.1, -0.05) is 26.0 Å². The first-order valence-corrected chi connectivity index (χ1v) is 4.24. The Kier molecular flexibility index (Phi) is 2.71. The number of rotatable bonds is 3. The lowest BCUT2D eigenvalue weighted by Crippen LogP contribution is -2.12. The van der Waals surface area contributed by atoms with Crippen LogP contribution >= 0.6 is 0 Å². The number of ether oxygens (including phenoxy) is 1. The molecule has 1 heterocycles. The van der Waals surface area contributed by atoms with E-state index in [4.69, 9.17) is 4.74 Å². The predicted octanol–water partition coefficient (Wildman–Crippen LogP) is 2.55. The molecule has 0 aliphatic carbocycles. The minimum atomic E-state index is -0.0285. The van der Waals surface area contributed by atoms with E-state index < -0.39 is 0 Å². The van der Waals surface area contributed by atoms with Gasteiger partial charge in [-0.3, -0.25) is 0 Å². The summed E-state index contributed by atoms with van der Waals surface area (Å²) >= 11 is 0. The quantitative estimate of drug-likeness (QED) is 0.662. The summed E-state index contributed by atoms with van der Waals surface area (Å²) in [6, 6.07) is 3.87. The number of methoxy groups -OCH3 is 1. The van der Waals surface area contributed by atoms with Gasteiger partial charge in [-0.25, -0.2) is 4.98 Å². The Hall–Kier alpha value is -1.31. The second-order valence-electron chi connectivity index (χ2n) is 3.52. The van der Waals surface area contributed by atoms with E-state index in [1.165, 1.54) is 0 Å². The molecule has 0 aliphatic heterocycles. The van der Waals surface area contributed by atoms with Gasteiger partial charge in [0, 0.05) is 17.7 Å². The Morgan fingerprint density at radius 3 is 2.54 bits per heavy atom. The molecule has 0 N–H and O–H groups in total. The zero-order chi connectivity index (χ0) is 9.90. The van der Waals surface area contributed by atoms with Crippen molar-refractivity contribution in [1.82, 2.24) is 4.98 Å². The lowest BCUT2D eigenvalue weighted by Gasteiger charge is -2.19. The van der Waals surface area contributed by atoms with Gasteiger partial charge >= 0.3 is 0 Å². The number of allylic oxidation sites excluding steroid dienone is 1. The van der Waals surface area contributed by atoms with Crippen LogP contribution in [0.3, 0.4) is 0 Å². The van der Waals surface area contributed by atoms with Gasteiger partial charge in [0.15, 0.2) is 0 Å². The highest BCUT2D eigenvalue weighted by Crippen LogP contribution is 2.24. The molecule has 2 heteroatoms. The molecular weight excluding hydrogens is 162 g/mol. The molecule has 0 unspecified atom stereocenters. The van der Waals surface area contributed by atoms with Crippen LogP contribution in [0.25, 0.3) is 0 Å². The number of nitrogens with zero attached hydrogens (tertiary/aromatic N) is 1. The van der Waals surface area contributed by atoms with Gasteiger partial charge < -0.3 is 4.74 Å². The van der Waals surface area contributed by atoms with Crippen LogP contribution in [0.15, 0.2) is 31.0 Å². The van der Waals surface area contributed by atoms with Crippen LogP contribution in [0.2, 0.25) is 0 Å². The van der Waals surface area contributed by atoms with Crippen LogP contribution in [0.1, 0.15) is 19.4 Å². The molecule has 13 heavy (non-hydrogen) atoms. The van der Waals surface area contributed by atoms with Gasteiger partial charge in [0.1, 0.15) is 0 Å². The number of hydrogen-bond acceptors (Lipinski definition) is 2. The van der Waals surface area contributed by atoms with Crippen molar-refractivity contribution >= 4 is 0 Å². The highest BCUT2D eigenvalue weighted by atomic mass is 16.5. The second-order valence-corrected chi connectivity index (χ2v) is 3.52. The molecule has 70 valence electrons. The maximum absolute atomic E-state index is 4.98. The summed E-state index contributed by atoms with van der Waals surface area (Å²) in [5.41, 5.74) is 1.11. The third-order valence-corrected chi connectivity index (χ3v) is 2.20. The molecule has 1 aromatic heterocycles. The molecule has 0 fully saturated rings. The highest BCUT2D eigenvalue weighted by molar-refractivity contribution is 5.28. The molecule has 0 aromatic carbocycles. The third kappa shape index (κ3) is 2.08. The largest absolute Gasteiger partial charge is 0.481 e. The van der Waals surface area contributed by atoms with Crippen LogP contribution in [-0.2, 0) is 5.41 Å². The van der Waals surface area contributed by atoms with Crippen LogP contribution < -0.4 is 4.74 Å². The fraction of sp³-hybridized carbons (Fsp3) is 0.364. The van der Waals surface area contributed by atoms with E-state index >= 15 is 0 Å². The van der Waals surface area contributed by atoms with Crippen molar-refractivity contribution in [3.8, 4) is 5.88 Å². The fourth-order valence-corrected chi connectivity index (χ4v) is 1.00. The van der Waals surface area contributed by atoms with Crippen LogP contribution in [0, 0.1) is 0 Å². The Morgan fingerprint density at radius 1 is 1.46 bits per heavy atom. The summed E-state index contributed by atoms with van der Waals surface area (Å²) in [5.74, 6) is 0.642. The molecule has 0 saturated carbocycles. The smallest absolute Gasteiger partial charge is 0.212 e. The normalized spacial score (nSPS) is 11.0. The first-order valence-electron chi connectivity index (χ1n) is 4.24. The van der Waals surface area contributed by atoms with E-state index in [-0.39, 0.29) is 5.41 Å². The predicted molar refractivity (Wildman–Crippen MR) is 54.0 cm³/mol. The van der Waals surface area contributed by atoms with E-state index in [0.717, 1.165) is 5.56 Å². The van der Waals surface area contributed by atoms with Gasteiger partial charge in [0.25, 0.3) is 0 Å². The maximum atomic E-state index is 4.98. The van der Waals surface area contributed by atoms with Crippen LogP contribution in [0.5, 0.6) is 5.88 Å². The molecule has 0 saturated heterocycles. The summed E-state index contributed by atoms with van der Waals surface area (Å²) in [4.78, 5) is 4.14. The minimum absolute atomic E-state index is 0.0285. The van der Waals surface area contributed by atoms with Crippen molar-refractivity contribution in [3.05, 3.63) is 36.5 Å². The minimum Gasteiger partial charge on any atom is -0.481 e. The first kappa shape index (κ1) is 9.78. The van der Waals surface area contributed by atoms with Crippen molar-refractivity contribution < 1.29 is 4.74 Å². The standard InChI is InChI=1S/C11H15NO/c1-5-11(2,3)9-6-7-10(13-4)12-8-9/h5-8H,1H2,2-4H3. The third-order valence-electron chi connectivity index (χ3n) is 2.20. The summed E-state index contributed by atoms with van der Waals surface area (Å²) in [6.45, 7) is 7.99. The lowest BCUT2D eigenvalue weighted by molar-refractivity contribution is 0.397. The number of pyridine rings is 1. The zero-order valence-electron chi connectivity index (χ0n) is 8.37. The van der Waals surface area contributed by atoms with Crippen molar-refractivity contribution in [3.63, 3.8) is 0 Å². The molecule has 0 bridgehead atoms. The summed E-state index contributed by atoms with van der Waals surface area (Å²) < 4.78 is 4.98. The number of hydrogen-bond donors (Lipinski definition) is 0. The maximum Gasteiger partial charge on any atom is 0.212 e. The Bertz CT molecular complexity index is 287. The molecule has 2 nitrogen and oxygen atoms in total. The van der Waals surface area contributed by atoms with Crippen LogP contribution in [0.4, 0.5) is 0 Å². The molecule has 0 amide bonds. The Labute approximate surface area is 79.3 Å². The van der Waals surface area contributed by atoms with Crippen LogP contribution in [-0.4, -0.2) is 12.1 Å². The van der Waals surface area contributed by atoms with Crippen molar-refractivity contribution in [2.75, 3.05) is 7.11 Å². The molecule has 1 aromatic rings. The van der Waals surface area contributed by atoms with Gasteiger partial charge in [0.05, 0.1) is 7.11 Å². The highest BCUT2D eigenvalue weighted by Gasteiger charge is 2.15. The Morgan fingerprint density at radius 2 is 2.15 bits per heavy atom. The SMILES string of the molecule is C=CC(C)(C)c1ccc(OC)nc1. The average molecular weight is 177 g/mol. The van der Waals surface area contributed by atoms with E-state index in [1.54, 1.807) is 7.11 Å². The average Bonchev–Trinajstić information content (AvgIpc) is 2.18. The van der Waals surface area contributed by atoms with Gasteiger partial charge in [0.2, 0.25) is 5.88 Å². The van der Waals surface area contributed by atoms with Crippen molar-refractivity contribution in [1.29, 1.82) is 0 Å². The summed E-state index contributed by atoms with van der Waals surface area (Å²) in [7, 11) is 1.61. The topological polar surface area (TPSA) is 22.1 Å². The molecule has 1 rings (SSSR count). The van der Waals surface area contributed by atoms with E-state index in [1.807, 2.05) is 24.4 Å². The summed E-state index contributed by atoms with van der Waals surface area (Å²) in [6.07, 6.45) is 3.73. The van der Waals surface area contributed by atoms with Gasteiger partial charge in [-0.2, -0.15) is 0 Å². The molecule has 0 spiro atoms. The first-order chi connectivity index (χ1) is 6.10. The molecule has 0 atom stereocenters. The van der Waals surface area contributed by atoms with E-state index in [0.29, 0.717) is 5.88 Å². The Balaban J connectivity index is 2.98. The van der Waals surface area contributed by atoms with Gasteiger partial charge in [-0.15, -0.1) is 6.58 Å². The molecule has 0 aliphatic rings. The lowest BCUT2D eigenvalue weighted by atomic mass is 9.86. The second kappa shape index (κ2) is 3.60. The summed E-state index contributed by atoms with van der Waals surface area (Å²) in [5, 5.41) is 0.